The second kappa shape index (κ2) is 8.55. The Balaban J connectivity index is 3.12. The lowest BCUT2D eigenvalue weighted by Crippen LogP contribution is -2.47. The molecule has 1 aromatic rings. The minimum absolute atomic E-state index is 0.214. The number of rotatable bonds is 6. The number of carbonyl (C=O) groups is 2. The smallest absolute Gasteiger partial charge is 0.328 e. The van der Waals surface area contributed by atoms with E-state index in [-0.39, 0.29) is 5.91 Å². The Morgan fingerprint density at radius 1 is 1.17 bits per heavy atom. The molecular weight excluding hydrogens is 425 g/mol. The lowest BCUT2D eigenvalue weighted by Gasteiger charge is -2.23. The molecule has 1 amide bonds. The third-order valence-corrected chi connectivity index (χ3v) is 4.64. The normalized spacial score (nSPS) is 12.3. The SMILES string of the molecule is COC(=O)[C@H](Cc1ccc(OC)c(OC)c1I)NC(=O)C(C)(C)C. The first-order valence-corrected chi connectivity index (χ1v) is 8.51. The first kappa shape index (κ1) is 20.5. The van der Waals surface area contributed by atoms with Gasteiger partial charge in [0.2, 0.25) is 5.91 Å². The summed E-state index contributed by atoms with van der Waals surface area (Å²) in [7, 11) is 4.43. The monoisotopic (exact) mass is 449 g/mol. The fourth-order valence-corrected chi connectivity index (χ4v) is 2.90. The van der Waals surface area contributed by atoms with Crippen molar-refractivity contribution in [2.75, 3.05) is 21.3 Å². The van der Waals surface area contributed by atoms with Crippen LogP contribution in [0.4, 0.5) is 0 Å². The number of hydrogen-bond acceptors (Lipinski definition) is 5. The zero-order valence-electron chi connectivity index (χ0n) is 14.9. The lowest BCUT2D eigenvalue weighted by atomic mass is 9.94. The molecule has 0 radical (unpaired) electrons. The van der Waals surface area contributed by atoms with Gasteiger partial charge in [-0.1, -0.05) is 26.8 Å². The number of methoxy groups -OCH3 is 3. The van der Waals surface area contributed by atoms with Gasteiger partial charge in [0.1, 0.15) is 6.04 Å². The van der Waals surface area contributed by atoms with Crippen LogP contribution in [0.15, 0.2) is 12.1 Å². The number of ether oxygens (including phenoxy) is 3. The van der Waals surface area contributed by atoms with E-state index in [4.69, 9.17) is 14.2 Å². The molecule has 0 aromatic heterocycles. The average Bonchev–Trinajstić information content (AvgIpc) is 2.53. The van der Waals surface area contributed by atoms with Crippen molar-refractivity contribution < 1.29 is 23.8 Å². The Labute approximate surface area is 156 Å². The highest BCUT2D eigenvalue weighted by Crippen LogP contribution is 2.35. The summed E-state index contributed by atoms with van der Waals surface area (Å²) in [6, 6.07) is 2.85. The molecule has 7 heteroatoms. The first-order chi connectivity index (χ1) is 11.1. The molecular formula is C17H24INO5. The second-order valence-electron chi connectivity index (χ2n) is 6.28. The van der Waals surface area contributed by atoms with E-state index >= 15 is 0 Å². The van der Waals surface area contributed by atoms with Crippen molar-refractivity contribution in [3.8, 4) is 11.5 Å². The summed E-state index contributed by atoms with van der Waals surface area (Å²) in [5.41, 5.74) is 0.259. The minimum atomic E-state index is -0.770. The highest BCUT2D eigenvalue weighted by atomic mass is 127. The molecule has 1 aromatic carbocycles. The lowest BCUT2D eigenvalue weighted by molar-refractivity contribution is -0.146. The average molecular weight is 449 g/mol. The zero-order valence-corrected chi connectivity index (χ0v) is 17.0. The number of carbonyl (C=O) groups excluding carboxylic acids is 2. The van der Waals surface area contributed by atoms with Crippen molar-refractivity contribution in [3.63, 3.8) is 0 Å². The molecule has 1 atom stereocenters. The van der Waals surface area contributed by atoms with Gasteiger partial charge in [-0.2, -0.15) is 0 Å². The maximum atomic E-state index is 12.2. The third kappa shape index (κ3) is 4.99. The summed E-state index contributed by atoms with van der Waals surface area (Å²) in [4.78, 5) is 24.3. The van der Waals surface area contributed by atoms with Crippen LogP contribution in [0, 0.1) is 8.99 Å². The van der Waals surface area contributed by atoms with Crippen LogP contribution in [-0.2, 0) is 20.7 Å². The van der Waals surface area contributed by atoms with Crippen molar-refractivity contribution in [1.82, 2.24) is 5.32 Å². The predicted octanol–water partition coefficient (Wildman–Crippen LogP) is 2.55. The molecule has 1 rings (SSSR count). The maximum Gasteiger partial charge on any atom is 0.328 e. The summed E-state index contributed by atoms with van der Waals surface area (Å²) in [6.45, 7) is 5.37. The third-order valence-electron chi connectivity index (χ3n) is 3.46. The van der Waals surface area contributed by atoms with E-state index in [0.29, 0.717) is 17.9 Å². The summed E-state index contributed by atoms with van der Waals surface area (Å²) in [5, 5.41) is 2.76. The topological polar surface area (TPSA) is 73.9 Å². The molecule has 0 bridgehead atoms. The van der Waals surface area contributed by atoms with Crippen LogP contribution in [0.1, 0.15) is 26.3 Å². The van der Waals surface area contributed by atoms with Gasteiger partial charge in [-0.05, 0) is 34.2 Å². The number of esters is 1. The van der Waals surface area contributed by atoms with E-state index in [0.717, 1.165) is 9.13 Å². The molecule has 0 aliphatic carbocycles. The van der Waals surface area contributed by atoms with Gasteiger partial charge >= 0.3 is 5.97 Å². The Kier molecular flexibility index (Phi) is 7.31. The number of benzene rings is 1. The van der Waals surface area contributed by atoms with Crippen LogP contribution in [0.25, 0.3) is 0 Å². The molecule has 134 valence electrons. The zero-order chi connectivity index (χ0) is 18.5. The van der Waals surface area contributed by atoms with Crippen molar-refractivity contribution >= 4 is 34.5 Å². The standard InChI is InChI=1S/C17H24INO5/c1-17(2,3)16(21)19-11(15(20)24-6)9-10-7-8-12(22-4)14(23-5)13(10)18/h7-8,11H,9H2,1-6H3,(H,19,21)/t11-/m0/s1. The summed E-state index contributed by atoms with van der Waals surface area (Å²) in [5.74, 6) is 0.506. The molecule has 0 aliphatic rings. The van der Waals surface area contributed by atoms with Crippen molar-refractivity contribution in [1.29, 1.82) is 0 Å². The van der Waals surface area contributed by atoms with Crippen LogP contribution >= 0.6 is 22.6 Å². The molecule has 0 aliphatic heterocycles. The van der Waals surface area contributed by atoms with E-state index < -0.39 is 17.4 Å². The molecule has 0 unspecified atom stereocenters. The highest BCUT2D eigenvalue weighted by Gasteiger charge is 2.29. The molecule has 1 N–H and O–H groups in total. The minimum Gasteiger partial charge on any atom is -0.493 e. The van der Waals surface area contributed by atoms with Gasteiger partial charge in [0.25, 0.3) is 0 Å². The van der Waals surface area contributed by atoms with Gasteiger partial charge in [-0.25, -0.2) is 4.79 Å². The molecule has 24 heavy (non-hydrogen) atoms. The Hall–Kier alpha value is -1.51. The van der Waals surface area contributed by atoms with E-state index in [1.54, 1.807) is 41.1 Å². The van der Waals surface area contributed by atoms with Crippen LogP contribution in [0.2, 0.25) is 0 Å². The summed E-state index contributed by atoms with van der Waals surface area (Å²) in [6.07, 6.45) is 0.299. The van der Waals surface area contributed by atoms with E-state index in [1.807, 2.05) is 6.07 Å². The van der Waals surface area contributed by atoms with Crippen LogP contribution in [0.3, 0.4) is 0 Å². The molecule has 0 saturated heterocycles. The number of halogens is 1. The van der Waals surface area contributed by atoms with Gasteiger partial charge in [0.05, 0.1) is 24.9 Å². The molecule has 0 spiro atoms. The maximum absolute atomic E-state index is 12.2. The fraction of sp³-hybridized carbons (Fsp3) is 0.529. The molecule has 6 nitrogen and oxygen atoms in total. The first-order valence-electron chi connectivity index (χ1n) is 7.43. The van der Waals surface area contributed by atoms with Crippen LogP contribution < -0.4 is 14.8 Å². The summed E-state index contributed by atoms with van der Waals surface area (Å²) >= 11 is 2.14. The summed E-state index contributed by atoms with van der Waals surface area (Å²) < 4.78 is 16.3. The predicted molar refractivity (Wildman–Crippen MR) is 99.4 cm³/mol. The van der Waals surface area contributed by atoms with E-state index in [1.165, 1.54) is 7.11 Å². The van der Waals surface area contributed by atoms with Crippen molar-refractivity contribution in [2.45, 2.75) is 33.2 Å². The molecule has 0 saturated carbocycles. The van der Waals surface area contributed by atoms with Gasteiger partial charge in [0, 0.05) is 11.8 Å². The van der Waals surface area contributed by atoms with Crippen molar-refractivity contribution in [3.05, 3.63) is 21.3 Å². The van der Waals surface area contributed by atoms with Gasteiger partial charge in [-0.15, -0.1) is 0 Å². The van der Waals surface area contributed by atoms with Gasteiger partial charge < -0.3 is 19.5 Å². The fourth-order valence-electron chi connectivity index (χ4n) is 2.02. The van der Waals surface area contributed by atoms with E-state index in [2.05, 4.69) is 27.9 Å². The van der Waals surface area contributed by atoms with Crippen LogP contribution in [-0.4, -0.2) is 39.2 Å². The van der Waals surface area contributed by atoms with Crippen molar-refractivity contribution in [2.24, 2.45) is 5.41 Å². The van der Waals surface area contributed by atoms with Crippen LogP contribution in [0.5, 0.6) is 11.5 Å². The second-order valence-corrected chi connectivity index (χ2v) is 7.36. The van der Waals surface area contributed by atoms with E-state index in [9.17, 15) is 9.59 Å². The van der Waals surface area contributed by atoms with Gasteiger partial charge in [0.15, 0.2) is 11.5 Å². The number of nitrogens with one attached hydrogen (secondary N) is 1. The number of hydrogen-bond donors (Lipinski definition) is 1. The largest absolute Gasteiger partial charge is 0.493 e. The quantitative estimate of drug-likeness (QED) is 0.534. The molecule has 0 heterocycles. The Morgan fingerprint density at radius 2 is 1.79 bits per heavy atom. The Morgan fingerprint density at radius 3 is 2.25 bits per heavy atom. The highest BCUT2D eigenvalue weighted by molar-refractivity contribution is 14.1. The number of amides is 1. The Bertz CT molecular complexity index is 610. The molecule has 0 fully saturated rings. The van der Waals surface area contributed by atoms with Gasteiger partial charge in [-0.3, -0.25) is 4.79 Å².